The summed E-state index contributed by atoms with van der Waals surface area (Å²) in [5.74, 6) is -7.51. The first-order valence-corrected chi connectivity index (χ1v) is 7.63. The standard InChI is InChI=1S/C14H19BrO10/c1-6(17)11(22)12(7(2)18,25-9(4)20)13(23,8(3)19)14(15,24)10(21)5-16/h10,16,21,23-24H,5H2,1-4H3/t10-,12+,13-,14+/m1/s1. The summed E-state index contributed by atoms with van der Waals surface area (Å²) < 4.78 is 1.37. The van der Waals surface area contributed by atoms with Crippen LogP contribution in [-0.4, -0.2) is 78.0 Å². The van der Waals surface area contributed by atoms with Crippen LogP contribution in [0.25, 0.3) is 0 Å². The highest BCUT2D eigenvalue weighted by atomic mass is 79.9. The zero-order valence-corrected chi connectivity index (χ0v) is 15.5. The number of rotatable bonds is 9. The Labute approximate surface area is 150 Å². The van der Waals surface area contributed by atoms with Gasteiger partial charge in [-0.05, 0) is 29.8 Å². The normalized spacial score (nSPS) is 19.6. The van der Waals surface area contributed by atoms with E-state index in [2.05, 4.69) is 20.7 Å². The van der Waals surface area contributed by atoms with Crippen molar-refractivity contribution in [2.24, 2.45) is 0 Å². The summed E-state index contributed by atoms with van der Waals surface area (Å²) in [6.07, 6.45) is -2.32. The van der Waals surface area contributed by atoms with Gasteiger partial charge in [-0.2, -0.15) is 0 Å². The molecule has 0 radical (unpaired) electrons. The van der Waals surface area contributed by atoms with E-state index in [1.807, 2.05) is 0 Å². The minimum absolute atomic E-state index is 0.616. The molecule has 0 saturated carbocycles. The lowest BCUT2D eigenvalue weighted by atomic mass is 9.68. The molecule has 4 atom stereocenters. The highest BCUT2D eigenvalue weighted by molar-refractivity contribution is 9.10. The van der Waals surface area contributed by atoms with Crippen LogP contribution in [0.5, 0.6) is 0 Å². The van der Waals surface area contributed by atoms with Crippen LogP contribution in [-0.2, 0) is 28.7 Å². The van der Waals surface area contributed by atoms with E-state index in [9.17, 15) is 39.3 Å². The molecule has 142 valence electrons. The Morgan fingerprint density at radius 1 is 1.00 bits per heavy atom. The number of carbonyl (C=O) groups excluding carboxylic acids is 5. The summed E-state index contributed by atoms with van der Waals surface area (Å²) >= 11 is 2.41. The fourth-order valence-electron chi connectivity index (χ4n) is 2.34. The monoisotopic (exact) mass is 426 g/mol. The van der Waals surface area contributed by atoms with Gasteiger partial charge in [0.05, 0.1) is 6.61 Å². The average molecular weight is 427 g/mol. The number of ether oxygens (including phenoxy) is 1. The molecule has 0 heterocycles. The zero-order chi connectivity index (χ0) is 20.4. The average Bonchev–Trinajstić information content (AvgIpc) is 2.48. The van der Waals surface area contributed by atoms with Crippen LogP contribution in [0.2, 0.25) is 0 Å². The van der Waals surface area contributed by atoms with Gasteiger partial charge in [-0.3, -0.25) is 24.0 Å². The molecule has 0 aromatic heterocycles. The Morgan fingerprint density at radius 3 is 1.68 bits per heavy atom. The maximum absolute atomic E-state index is 12.4. The molecular weight excluding hydrogens is 408 g/mol. The van der Waals surface area contributed by atoms with Crippen LogP contribution in [0.3, 0.4) is 0 Å². The van der Waals surface area contributed by atoms with Crippen LogP contribution >= 0.6 is 15.9 Å². The predicted octanol–water partition coefficient (Wildman–Crippen LogP) is -2.21. The molecule has 11 heteroatoms. The number of ketones is 4. The SMILES string of the molecule is CC(=O)O[C@@](C(C)=O)(C(=O)C(C)=O)[C@](O)(C(C)=O)[C@](O)(Br)[C@H](O)CO. The van der Waals surface area contributed by atoms with Gasteiger partial charge in [0.1, 0.15) is 6.10 Å². The van der Waals surface area contributed by atoms with Gasteiger partial charge in [0.25, 0.3) is 11.4 Å². The van der Waals surface area contributed by atoms with Gasteiger partial charge in [0, 0.05) is 13.8 Å². The molecule has 0 aliphatic heterocycles. The van der Waals surface area contributed by atoms with Gasteiger partial charge in [-0.15, -0.1) is 0 Å². The maximum Gasteiger partial charge on any atom is 0.304 e. The Morgan fingerprint density at radius 2 is 1.44 bits per heavy atom. The van der Waals surface area contributed by atoms with Crippen molar-refractivity contribution in [3.63, 3.8) is 0 Å². The van der Waals surface area contributed by atoms with Crippen LogP contribution in [0.1, 0.15) is 27.7 Å². The van der Waals surface area contributed by atoms with E-state index in [4.69, 9.17) is 5.11 Å². The largest absolute Gasteiger partial charge is 0.439 e. The Kier molecular flexibility index (Phi) is 7.31. The van der Waals surface area contributed by atoms with Gasteiger partial charge in [-0.1, -0.05) is 0 Å². The molecule has 0 fully saturated rings. The van der Waals surface area contributed by atoms with Crippen molar-refractivity contribution >= 4 is 45.0 Å². The second kappa shape index (κ2) is 7.79. The lowest BCUT2D eigenvalue weighted by Crippen LogP contribution is -2.79. The number of esters is 1. The van der Waals surface area contributed by atoms with Crippen LogP contribution in [0.15, 0.2) is 0 Å². The first-order valence-electron chi connectivity index (χ1n) is 6.84. The predicted molar refractivity (Wildman–Crippen MR) is 83.5 cm³/mol. The molecular formula is C14H19BrO10. The minimum atomic E-state index is -3.65. The Balaban J connectivity index is 7.17. The number of aliphatic hydroxyl groups excluding tert-OH is 2. The number of halogens is 1. The van der Waals surface area contributed by atoms with E-state index in [-0.39, 0.29) is 0 Å². The van der Waals surface area contributed by atoms with E-state index in [0.717, 1.165) is 6.92 Å². The zero-order valence-electron chi connectivity index (χ0n) is 13.9. The van der Waals surface area contributed by atoms with Gasteiger partial charge in [-0.25, -0.2) is 0 Å². The van der Waals surface area contributed by atoms with Gasteiger partial charge in [0.15, 0.2) is 21.9 Å². The number of Topliss-reactive ketones (excluding diaryl/α,β-unsaturated/α-hetero) is 4. The summed E-state index contributed by atoms with van der Waals surface area (Å²) in [7, 11) is 0. The second-order valence-corrected chi connectivity index (χ2v) is 6.56. The molecule has 0 spiro atoms. The third-order valence-corrected chi connectivity index (χ3v) is 4.68. The molecule has 4 N–H and O–H groups in total. The van der Waals surface area contributed by atoms with Crippen molar-refractivity contribution in [2.75, 3.05) is 6.61 Å². The fourth-order valence-corrected chi connectivity index (χ4v) is 3.04. The Bertz CT molecular complexity index is 613. The number of carbonyl (C=O) groups is 5. The molecule has 0 saturated heterocycles. The smallest absolute Gasteiger partial charge is 0.304 e. The molecule has 0 unspecified atom stereocenters. The van der Waals surface area contributed by atoms with Crippen LogP contribution in [0, 0.1) is 0 Å². The van der Waals surface area contributed by atoms with E-state index >= 15 is 0 Å². The summed E-state index contributed by atoms with van der Waals surface area (Å²) in [6, 6.07) is 0. The molecule has 10 nitrogen and oxygen atoms in total. The van der Waals surface area contributed by atoms with Crippen molar-refractivity contribution in [2.45, 2.75) is 49.5 Å². The van der Waals surface area contributed by atoms with E-state index in [1.54, 1.807) is 0 Å². The van der Waals surface area contributed by atoms with Crippen LogP contribution < -0.4 is 0 Å². The maximum atomic E-state index is 12.4. The van der Waals surface area contributed by atoms with E-state index in [1.165, 1.54) is 0 Å². The molecule has 0 aliphatic carbocycles. The molecule has 0 aromatic rings. The molecule has 0 aromatic carbocycles. The summed E-state index contributed by atoms with van der Waals surface area (Å²) in [6.45, 7) is 1.41. The van der Waals surface area contributed by atoms with Gasteiger partial charge < -0.3 is 25.2 Å². The van der Waals surface area contributed by atoms with Crippen LogP contribution in [0.4, 0.5) is 0 Å². The first kappa shape index (κ1) is 23.5. The van der Waals surface area contributed by atoms with E-state index < -0.39 is 57.5 Å². The summed E-state index contributed by atoms with van der Waals surface area (Å²) in [5, 5.41) is 40.1. The number of aliphatic hydroxyl groups is 4. The topological polar surface area (TPSA) is 175 Å². The molecule has 0 aliphatic rings. The lowest BCUT2D eigenvalue weighted by Gasteiger charge is -2.48. The minimum Gasteiger partial charge on any atom is -0.439 e. The highest BCUT2D eigenvalue weighted by Gasteiger charge is 2.75. The van der Waals surface area contributed by atoms with Crippen molar-refractivity contribution in [3.05, 3.63) is 0 Å². The molecule has 0 rings (SSSR count). The van der Waals surface area contributed by atoms with Crippen molar-refractivity contribution < 1.29 is 49.1 Å². The second-order valence-electron chi connectivity index (χ2n) is 5.35. The lowest BCUT2D eigenvalue weighted by molar-refractivity contribution is -0.232. The number of alkyl halides is 1. The Hall–Kier alpha value is -1.53. The van der Waals surface area contributed by atoms with Crippen molar-refractivity contribution in [1.82, 2.24) is 0 Å². The molecule has 25 heavy (non-hydrogen) atoms. The van der Waals surface area contributed by atoms with E-state index in [0.29, 0.717) is 20.8 Å². The first-order chi connectivity index (χ1) is 11.1. The summed E-state index contributed by atoms with van der Waals surface area (Å²) in [4.78, 5) is 59.8. The quantitative estimate of drug-likeness (QED) is 0.137. The third-order valence-electron chi connectivity index (χ3n) is 3.57. The highest BCUT2D eigenvalue weighted by Crippen LogP contribution is 2.44. The van der Waals surface area contributed by atoms with Gasteiger partial charge in [0.2, 0.25) is 5.60 Å². The van der Waals surface area contributed by atoms with Crippen molar-refractivity contribution in [3.8, 4) is 0 Å². The molecule has 0 bridgehead atoms. The van der Waals surface area contributed by atoms with Gasteiger partial charge >= 0.3 is 5.97 Å². The fraction of sp³-hybridized carbons (Fsp3) is 0.643. The number of hydrogen-bond donors (Lipinski definition) is 4. The third kappa shape index (κ3) is 3.55. The van der Waals surface area contributed by atoms with Crippen molar-refractivity contribution in [1.29, 1.82) is 0 Å². The number of hydrogen-bond acceptors (Lipinski definition) is 10. The summed E-state index contributed by atoms with van der Waals surface area (Å²) in [5.41, 5.74) is -7.15. The molecule has 0 amide bonds.